The smallest absolute Gasteiger partial charge is 0.409 e. The van der Waals surface area contributed by atoms with Gasteiger partial charge in [-0.05, 0) is 0 Å². The van der Waals surface area contributed by atoms with Crippen LogP contribution < -0.4 is 0 Å². The molecule has 4 nitrogen and oxygen atoms in total. The van der Waals surface area contributed by atoms with Gasteiger partial charge in [-0.25, -0.2) is 0 Å². The van der Waals surface area contributed by atoms with E-state index in [1.165, 1.54) is 0 Å². The van der Waals surface area contributed by atoms with Gasteiger partial charge in [-0.1, -0.05) is 0 Å². The molecule has 0 aliphatic carbocycles. The molecule has 0 aromatic carbocycles. The molecule has 1 aliphatic rings. The second-order valence-electron chi connectivity index (χ2n) is 3.55. The zero-order chi connectivity index (χ0) is 11.8. The van der Waals surface area contributed by atoms with Crippen molar-refractivity contribution in [3.63, 3.8) is 0 Å². The highest BCUT2D eigenvalue weighted by atomic mass is 19.4. The lowest BCUT2D eigenvalue weighted by Crippen LogP contribution is -2.44. The number of halogens is 3. The Kier molecular flexibility index (Phi) is 2.92. The Labute approximate surface area is 83.7 Å². The first-order valence-electron chi connectivity index (χ1n) is 4.27. The lowest BCUT2D eigenvalue weighted by molar-refractivity contribution is -0.186. The third kappa shape index (κ3) is 2.40. The van der Waals surface area contributed by atoms with Gasteiger partial charge in [0.2, 0.25) is 5.91 Å². The molecule has 0 radical (unpaired) electrons. The van der Waals surface area contributed by atoms with Crippen LogP contribution in [0.5, 0.6) is 0 Å². The molecule has 1 saturated heterocycles. The number of carboxylic acid groups (broad SMARTS) is 1. The zero-order valence-electron chi connectivity index (χ0n) is 7.91. The lowest BCUT2D eigenvalue weighted by Gasteiger charge is -2.26. The molecule has 0 spiro atoms. The van der Waals surface area contributed by atoms with E-state index in [0.29, 0.717) is 4.90 Å². The molecular formula is C8H10F3NO3. The van der Waals surface area contributed by atoms with E-state index in [1.807, 2.05) is 0 Å². The fourth-order valence-electron chi connectivity index (χ4n) is 1.85. The van der Waals surface area contributed by atoms with Gasteiger partial charge in [-0.15, -0.1) is 0 Å². The highest BCUT2D eigenvalue weighted by molar-refractivity contribution is 5.80. The maximum atomic E-state index is 12.5. The number of rotatable bonds is 2. The minimum absolute atomic E-state index is 0.354. The Morgan fingerprint density at radius 2 is 2.13 bits per heavy atom. The number of carboxylic acids is 1. The molecule has 0 aromatic rings. The van der Waals surface area contributed by atoms with Crippen molar-refractivity contribution in [2.75, 3.05) is 7.05 Å². The minimum atomic E-state index is -4.57. The van der Waals surface area contributed by atoms with E-state index < -0.39 is 36.4 Å². The van der Waals surface area contributed by atoms with Crippen molar-refractivity contribution >= 4 is 11.9 Å². The Bertz CT molecular complexity index is 287. The molecule has 0 aromatic heterocycles. The first-order chi connectivity index (χ1) is 6.73. The molecule has 0 saturated carbocycles. The number of carbonyl (C=O) groups is 2. The maximum Gasteiger partial charge on any atom is 0.409 e. The van der Waals surface area contributed by atoms with Crippen molar-refractivity contribution in [1.82, 2.24) is 4.90 Å². The van der Waals surface area contributed by atoms with Crippen molar-refractivity contribution in [1.29, 1.82) is 0 Å². The fourth-order valence-corrected chi connectivity index (χ4v) is 1.85. The molecule has 1 fully saturated rings. The third-order valence-electron chi connectivity index (χ3n) is 2.47. The van der Waals surface area contributed by atoms with Crippen molar-refractivity contribution in [2.24, 2.45) is 5.92 Å². The number of carbonyl (C=O) groups excluding carboxylic acids is 1. The molecule has 0 bridgehead atoms. The van der Waals surface area contributed by atoms with Crippen LogP contribution in [0.2, 0.25) is 0 Å². The van der Waals surface area contributed by atoms with Crippen LogP contribution in [0.1, 0.15) is 12.8 Å². The highest BCUT2D eigenvalue weighted by Crippen LogP contribution is 2.37. The number of alkyl halides is 3. The van der Waals surface area contributed by atoms with Crippen LogP contribution in [-0.4, -0.2) is 41.1 Å². The van der Waals surface area contributed by atoms with E-state index in [9.17, 15) is 22.8 Å². The second-order valence-corrected chi connectivity index (χ2v) is 3.55. The van der Waals surface area contributed by atoms with E-state index in [0.717, 1.165) is 7.05 Å². The number of hydrogen-bond acceptors (Lipinski definition) is 2. The molecule has 1 amide bonds. The largest absolute Gasteiger partial charge is 0.481 e. The van der Waals surface area contributed by atoms with Crippen LogP contribution in [-0.2, 0) is 9.59 Å². The van der Waals surface area contributed by atoms with Gasteiger partial charge in [0.1, 0.15) is 6.04 Å². The monoisotopic (exact) mass is 225 g/mol. The van der Waals surface area contributed by atoms with Crippen LogP contribution in [0.25, 0.3) is 0 Å². The number of amides is 1. The summed E-state index contributed by atoms with van der Waals surface area (Å²) in [5.41, 5.74) is 0. The summed E-state index contributed by atoms with van der Waals surface area (Å²) in [6.07, 6.45) is -5.56. The second kappa shape index (κ2) is 3.71. The Morgan fingerprint density at radius 3 is 2.53 bits per heavy atom. The van der Waals surface area contributed by atoms with Gasteiger partial charge in [0, 0.05) is 19.4 Å². The predicted octanol–water partition coefficient (Wildman–Crippen LogP) is 0.870. The van der Waals surface area contributed by atoms with Crippen LogP contribution in [0.15, 0.2) is 0 Å². The number of aliphatic carboxylic acids is 1. The molecule has 1 aliphatic heterocycles. The molecule has 1 rings (SSSR count). The molecule has 1 N–H and O–H groups in total. The summed E-state index contributed by atoms with van der Waals surface area (Å²) >= 11 is 0. The van der Waals surface area contributed by atoms with Crippen molar-refractivity contribution in [3.8, 4) is 0 Å². The maximum absolute atomic E-state index is 12.5. The number of hydrogen-bond donors (Lipinski definition) is 1. The van der Waals surface area contributed by atoms with Gasteiger partial charge >= 0.3 is 12.1 Å². The van der Waals surface area contributed by atoms with Crippen LogP contribution in [0.3, 0.4) is 0 Å². The minimum Gasteiger partial charge on any atom is -0.481 e. The average Bonchev–Trinajstić information content (AvgIpc) is 2.24. The van der Waals surface area contributed by atoms with Crippen molar-refractivity contribution in [3.05, 3.63) is 0 Å². The van der Waals surface area contributed by atoms with Gasteiger partial charge in [0.25, 0.3) is 0 Å². The average molecular weight is 225 g/mol. The first-order valence-corrected chi connectivity index (χ1v) is 4.27. The normalized spacial score (nSPS) is 27.2. The Balaban J connectivity index is 2.87. The molecular weight excluding hydrogens is 215 g/mol. The van der Waals surface area contributed by atoms with E-state index in [2.05, 4.69) is 0 Å². The van der Waals surface area contributed by atoms with Crippen molar-refractivity contribution < 1.29 is 27.9 Å². The van der Waals surface area contributed by atoms with Gasteiger partial charge in [-0.2, -0.15) is 13.2 Å². The first kappa shape index (κ1) is 11.8. The topological polar surface area (TPSA) is 57.6 Å². The van der Waals surface area contributed by atoms with E-state index in [4.69, 9.17) is 5.11 Å². The Morgan fingerprint density at radius 1 is 1.60 bits per heavy atom. The third-order valence-corrected chi connectivity index (χ3v) is 2.47. The number of nitrogens with zero attached hydrogens (tertiary/aromatic N) is 1. The summed E-state index contributed by atoms with van der Waals surface area (Å²) in [7, 11) is 1.04. The van der Waals surface area contributed by atoms with Gasteiger partial charge in [-0.3, -0.25) is 9.59 Å². The van der Waals surface area contributed by atoms with Crippen LogP contribution in [0, 0.1) is 5.92 Å². The summed E-state index contributed by atoms with van der Waals surface area (Å²) in [6, 6.07) is -1.97. The van der Waals surface area contributed by atoms with Crippen LogP contribution >= 0.6 is 0 Å². The molecule has 15 heavy (non-hydrogen) atoms. The standard InChI is InChI=1S/C8H10F3NO3/c1-12-5(13)2-4(3-6(14)15)7(12)8(9,10)11/h4,7H,2-3H2,1H3,(H,14,15)/t4-,7+/m1/s1. The molecule has 0 unspecified atom stereocenters. The lowest BCUT2D eigenvalue weighted by atomic mass is 9.96. The van der Waals surface area contributed by atoms with Gasteiger partial charge in [0.15, 0.2) is 0 Å². The van der Waals surface area contributed by atoms with Gasteiger partial charge in [0.05, 0.1) is 6.42 Å². The summed E-state index contributed by atoms with van der Waals surface area (Å²) in [5.74, 6) is -3.17. The molecule has 86 valence electrons. The summed E-state index contributed by atoms with van der Waals surface area (Å²) in [4.78, 5) is 22.0. The Hall–Kier alpha value is -1.27. The summed E-state index contributed by atoms with van der Waals surface area (Å²) in [5, 5.41) is 8.43. The van der Waals surface area contributed by atoms with Crippen LogP contribution in [0.4, 0.5) is 13.2 Å². The van der Waals surface area contributed by atoms with Gasteiger partial charge < -0.3 is 10.0 Å². The summed E-state index contributed by atoms with van der Waals surface area (Å²) < 4.78 is 37.5. The predicted molar refractivity (Wildman–Crippen MR) is 43.0 cm³/mol. The van der Waals surface area contributed by atoms with Crippen molar-refractivity contribution in [2.45, 2.75) is 25.1 Å². The molecule has 7 heteroatoms. The molecule has 2 atom stereocenters. The van der Waals surface area contributed by atoms with E-state index in [-0.39, 0.29) is 6.42 Å². The quantitative estimate of drug-likeness (QED) is 0.758. The summed E-state index contributed by atoms with van der Waals surface area (Å²) in [6.45, 7) is 0. The number of likely N-dealkylation sites (tertiary alicyclic amines) is 1. The fraction of sp³-hybridized carbons (Fsp3) is 0.750. The highest BCUT2D eigenvalue weighted by Gasteiger charge is 2.53. The van der Waals surface area contributed by atoms with E-state index >= 15 is 0 Å². The molecule has 1 heterocycles. The SMILES string of the molecule is CN1C(=O)C[C@H](CC(=O)O)[C@H]1C(F)(F)F. The zero-order valence-corrected chi connectivity index (χ0v) is 7.91. The van der Waals surface area contributed by atoms with E-state index in [1.54, 1.807) is 0 Å².